The average Bonchev–Trinajstić information content (AvgIpc) is 2.96. The van der Waals surface area contributed by atoms with E-state index in [0.29, 0.717) is 18.0 Å². The third kappa shape index (κ3) is 3.56. The summed E-state index contributed by atoms with van der Waals surface area (Å²) in [7, 11) is 0. The van der Waals surface area contributed by atoms with Crippen LogP contribution in [0, 0.1) is 5.92 Å². The molecule has 0 spiro atoms. The average molecular weight is 299 g/mol. The summed E-state index contributed by atoms with van der Waals surface area (Å²) in [6, 6.07) is 14.3. The van der Waals surface area contributed by atoms with Gasteiger partial charge in [-0.15, -0.1) is 11.3 Å². The van der Waals surface area contributed by atoms with E-state index in [-0.39, 0.29) is 0 Å². The monoisotopic (exact) mass is 299 g/mol. The third-order valence-electron chi connectivity index (χ3n) is 4.36. The topological polar surface area (TPSA) is 12.0 Å². The predicted octanol–water partition coefficient (Wildman–Crippen LogP) is 5.50. The van der Waals surface area contributed by atoms with Crippen LogP contribution in [0.1, 0.15) is 61.2 Å². The Labute approximate surface area is 132 Å². The highest BCUT2D eigenvalue weighted by Gasteiger charge is 2.24. The Bertz CT molecular complexity index is 558. The van der Waals surface area contributed by atoms with Crippen molar-refractivity contribution >= 4 is 11.3 Å². The molecule has 0 bridgehead atoms. The van der Waals surface area contributed by atoms with Crippen molar-refractivity contribution in [3.05, 3.63) is 57.8 Å². The van der Waals surface area contributed by atoms with Crippen LogP contribution in [0.3, 0.4) is 0 Å². The molecule has 1 aromatic heterocycles. The summed E-state index contributed by atoms with van der Waals surface area (Å²) in [5.41, 5.74) is 2.98. The first-order valence-electron chi connectivity index (χ1n) is 8.11. The van der Waals surface area contributed by atoms with Crippen molar-refractivity contribution in [2.75, 3.05) is 0 Å². The number of hydrogen-bond acceptors (Lipinski definition) is 2. The lowest BCUT2D eigenvalue weighted by atomic mass is 9.90. The summed E-state index contributed by atoms with van der Waals surface area (Å²) < 4.78 is 0. The molecule has 0 radical (unpaired) electrons. The second-order valence-electron chi connectivity index (χ2n) is 6.50. The van der Waals surface area contributed by atoms with Crippen molar-refractivity contribution < 1.29 is 0 Å². The Balaban J connectivity index is 1.80. The smallest absolute Gasteiger partial charge is 0.0336 e. The number of thiophene rings is 1. The van der Waals surface area contributed by atoms with Crippen LogP contribution < -0.4 is 5.32 Å². The summed E-state index contributed by atoms with van der Waals surface area (Å²) in [5.74, 6) is 0.702. The van der Waals surface area contributed by atoms with Crippen LogP contribution >= 0.6 is 11.3 Å². The molecule has 1 N–H and O–H groups in total. The Morgan fingerprint density at radius 3 is 2.76 bits per heavy atom. The van der Waals surface area contributed by atoms with Gasteiger partial charge in [0.15, 0.2) is 0 Å². The molecule has 0 aliphatic heterocycles. The molecule has 2 unspecified atom stereocenters. The standard InChI is InChI=1S/C19H25NS/c1-14(2)13-18(15-7-4-3-5-8-15)20-17-9-6-10-19-16(17)11-12-21-19/h3-5,7-8,11-12,14,17-18,20H,6,9-10,13H2,1-2H3. The molecule has 1 nitrogen and oxygen atoms in total. The van der Waals surface area contributed by atoms with Crippen molar-refractivity contribution in [3.8, 4) is 0 Å². The van der Waals surface area contributed by atoms with E-state index < -0.39 is 0 Å². The fraction of sp³-hybridized carbons (Fsp3) is 0.474. The highest BCUT2D eigenvalue weighted by molar-refractivity contribution is 7.10. The number of nitrogens with one attached hydrogen (secondary N) is 1. The van der Waals surface area contributed by atoms with E-state index in [1.54, 1.807) is 10.4 Å². The maximum atomic E-state index is 3.95. The molecule has 21 heavy (non-hydrogen) atoms. The van der Waals surface area contributed by atoms with Gasteiger partial charge in [-0.3, -0.25) is 0 Å². The normalized spacial score (nSPS) is 19.5. The van der Waals surface area contributed by atoms with Gasteiger partial charge < -0.3 is 5.32 Å². The number of aryl methyl sites for hydroxylation is 1. The predicted molar refractivity (Wildman–Crippen MR) is 91.8 cm³/mol. The second-order valence-corrected chi connectivity index (χ2v) is 7.50. The number of fused-ring (bicyclic) bond motifs is 1. The molecule has 3 rings (SSSR count). The fourth-order valence-corrected chi connectivity index (χ4v) is 4.35. The zero-order valence-electron chi connectivity index (χ0n) is 13.0. The Hall–Kier alpha value is -1.12. The fourth-order valence-electron chi connectivity index (χ4n) is 3.36. The minimum atomic E-state index is 0.460. The quantitative estimate of drug-likeness (QED) is 0.768. The molecule has 0 saturated heterocycles. The van der Waals surface area contributed by atoms with Crippen LogP contribution in [-0.4, -0.2) is 0 Å². The van der Waals surface area contributed by atoms with Crippen LogP contribution in [-0.2, 0) is 6.42 Å². The molecular formula is C19H25NS. The van der Waals surface area contributed by atoms with Gasteiger partial charge >= 0.3 is 0 Å². The Morgan fingerprint density at radius 1 is 1.19 bits per heavy atom. The van der Waals surface area contributed by atoms with Gasteiger partial charge in [0.1, 0.15) is 0 Å². The van der Waals surface area contributed by atoms with Crippen LogP contribution in [0.2, 0.25) is 0 Å². The van der Waals surface area contributed by atoms with Gasteiger partial charge in [-0.25, -0.2) is 0 Å². The summed E-state index contributed by atoms with van der Waals surface area (Å²) in [4.78, 5) is 1.59. The molecule has 0 amide bonds. The minimum absolute atomic E-state index is 0.460. The van der Waals surface area contributed by atoms with Crippen molar-refractivity contribution in [2.24, 2.45) is 5.92 Å². The van der Waals surface area contributed by atoms with Gasteiger partial charge in [0, 0.05) is 17.0 Å². The summed E-state index contributed by atoms with van der Waals surface area (Å²) in [5, 5.41) is 6.21. The number of hydrogen-bond donors (Lipinski definition) is 1. The van der Waals surface area contributed by atoms with Gasteiger partial charge in [-0.2, -0.15) is 0 Å². The molecule has 2 aromatic rings. The molecule has 112 valence electrons. The largest absolute Gasteiger partial charge is 0.303 e. The second kappa shape index (κ2) is 6.76. The molecule has 1 aliphatic carbocycles. The summed E-state index contributed by atoms with van der Waals surface area (Å²) >= 11 is 1.93. The molecule has 0 fully saturated rings. The first-order valence-corrected chi connectivity index (χ1v) is 8.99. The summed E-state index contributed by atoms with van der Waals surface area (Å²) in [6.07, 6.45) is 5.05. The Kier molecular flexibility index (Phi) is 4.77. The van der Waals surface area contributed by atoms with Gasteiger partial charge in [0.25, 0.3) is 0 Å². The highest BCUT2D eigenvalue weighted by Crippen LogP contribution is 2.35. The van der Waals surface area contributed by atoms with Gasteiger partial charge in [-0.05, 0) is 54.2 Å². The molecule has 2 heteroatoms. The Morgan fingerprint density at radius 2 is 2.00 bits per heavy atom. The van der Waals surface area contributed by atoms with Gasteiger partial charge in [0.2, 0.25) is 0 Å². The lowest BCUT2D eigenvalue weighted by molar-refractivity contribution is 0.358. The SMILES string of the molecule is CC(C)CC(NC1CCCc2sccc21)c1ccccc1. The number of benzene rings is 1. The molecule has 1 aromatic carbocycles. The lowest BCUT2D eigenvalue weighted by Gasteiger charge is -2.30. The van der Waals surface area contributed by atoms with Gasteiger partial charge in [0.05, 0.1) is 0 Å². The summed E-state index contributed by atoms with van der Waals surface area (Å²) in [6.45, 7) is 4.63. The first kappa shape index (κ1) is 14.8. The van der Waals surface area contributed by atoms with E-state index in [0.717, 1.165) is 0 Å². The minimum Gasteiger partial charge on any atom is -0.303 e. The maximum Gasteiger partial charge on any atom is 0.0336 e. The van der Waals surface area contributed by atoms with E-state index >= 15 is 0 Å². The zero-order valence-corrected chi connectivity index (χ0v) is 13.8. The number of rotatable bonds is 5. The van der Waals surface area contributed by atoms with Gasteiger partial charge in [-0.1, -0.05) is 44.2 Å². The third-order valence-corrected chi connectivity index (χ3v) is 5.36. The lowest BCUT2D eigenvalue weighted by Crippen LogP contribution is -2.29. The van der Waals surface area contributed by atoms with Crippen LogP contribution in [0.15, 0.2) is 41.8 Å². The highest BCUT2D eigenvalue weighted by atomic mass is 32.1. The van der Waals surface area contributed by atoms with Crippen molar-refractivity contribution in [2.45, 2.75) is 51.6 Å². The molecule has 2 atom stereocenters. The maximum absolute atomic E-state index is 3.95. The van der Waals surface area contributed by atoms with E-state index in [1.807, 2.05) is 11.3 Å². The van der Waals surface area contributed by atoms with Crippen LogP contribution in [0.5, 0.6) is 0 Å². The van der Waals surface area contributed by atoms with E-state index in [2.05, 4.69) is 60.9 Å². The molecular weight excluding hydrogens is 274 g/mol. The van der Waals surface area contributed by atoms with Crippen molar-refractivity contribution in [3.63, 3.8) is 0 Å². The molecule has 1 heterocycles. The van der Waals surface area contributed by atoms with Crippen LogP contribution in [0.4, 0.5) is 0 Å². The van der Waals surface area contributed by atoms with Crippen molar-refractivity contribution in [1.29, 1.82) is 0 Å². The van der Waals surface area contributed by atoms with E-state index in [1.165, 1.54) is 31.2 Å². The van der Waals surface area contributed by atoms with Crippen molar-refractivity contribution in [1.82, 2.24) is 5.32 Å². The molecule has 1 aliphatic rings. The zero-order chi connectivity index (χ0) is 14.7. The first-order chi connectivity index (χ1) is 10.2. The van der Waals surface area contributed by atoms with E-state index in [4.69, 9.17) is 0 Å². The van der Waals surface area contributed by atoms with Crippen LogP contribution in [0.25, 0.3) is 0 Å². The van der Waals surface area contributed by atoms with E-state index in [9.17, 15) is 0 Å². The molecule has 0 saturated carbocycles.